The standard InChI is InChI=1S/C15H19ClN4O2S2/c1-10-13(16)12-14(18-9-19-15(12)24-10)23-8-11(21)17-2-3-20-4-6-22-7-5-20/h9H,2-8H2,1H3,(H,17,21). The van der Waals surface area contributed by atoms with Crippen LogP contribution in [0.25, 0.3) is 10.2 Å². The molecule has 0 radical (unpaired) electrons. The highest BCUT2D eigenvalue weighted by atomic mass is 35.5. The molecule has 9 heteroatoms. The Morgan fingerprint density at radius 1 is 1.46 bits per heavy atom. The van der Waals surface area contributed by atoms with Gasteiger partial charge in [0.1, 0.15) is 16.2 Å². The Labute approximate surface area is 153 Å². The number of fused-ring (bicyclic) bond motifs is 1. The third-order valence-corrected chi connectivity index (χ3v) is 6.34. The van der Waals surface area contributed by atoms with Crippen molar-refractivity contribution in [2.45, 2.75) is 11.9 Å². The molecule has 1 saturated heterocycles. The summed E-state index contributed by atoms with van der Waals surface area (Å²) < 4.78 is 5.31. The van der Waals surface area contributed by atoms with E-state index in [-0.39, 0.29) is 5.91 Å². The van der Waals surface area contributed by atoms with Crippen LogP contribution in [0.3, 0.4) is 0 Å². The Morgan fingerprint density at radius 2 is 2.25 bits per heavy atom. The van der Waals surface area contributed by atoms with Crippen molar-refractivity contribution in [2.75, 3.05) is 45.1 Å². The first kappa shape index (κ1) is 17.9. The van der Waals surface area contributed by atoms with E-state index in [1.807, 2.05) is 6.92 Å². The molecule has 0 bridgehead atoms. The van der Waals surface area contributed by atoms with Gasteiger partial charge in [-0.2, -0.15) is 0 Å². The lowest BCUT2D eigenvalue weighted by molar-refractivity contribution is -0.118. The number of halogens is 1. The van der Waals surface area contributed by atoms with Crippen molar-refractivity contribution in [3.63, 3.8) is 0 Å². The van der Waals surface area contributed by atoms with Crippen molar-refractivity contribution in [1.82, 2.24) is 20.2 Å². The van der Waals surface area contributed by atoms with Crippen molar-refractivity contribution in [3.05, 3.63) is 16.2 Å². The van der Waals surface area contributed by atoms with Crippen molar-refractivity contribution in [1.29, 1.82) is 0 Å². The maximum atomic E-state index is 12.0. The average Bonchev–Trinajstić information content (AvgIpc) is 2.89. The molecule has 24 heavy (non-hydrogen) atoms. The van der Waals surface area contributed by atoms with Gasteiger partial charge >= 0.3 is 0 Å². The van der Waals surface area contributed by atoms with Crippen LogP contribution in [-0.2, 0) is 9.53 Å². The Bertz CT molecular complexity index is 719. The first-order valence-electron chi connectivity index (χ1n) is 7.74. The summed E-state index contributed by atoms with van der Waals surface area (Å²) in [5, 5.41) is 5.25. The van der Waals surface area contributed by atoms with Crippen molar-refractivity contribution in [3.8, 4) is 0 Å². The predicted molar refractivity (Wildman–Crippen MR) is 98.2 cm³/mol. The number of rotatable bonds is 6. The van der Waals surface area contributed by atoms with E-state index in [0.717, 1.165) is 53.0 Å². The van der Waals surface area contributed by atoms with E-state index in [4.69, 9.17) is 16.3 Å². The van der Waals surface area contributed by atoms with Crippen LogP contribution >= 0.6 is 34.7 Å². The van der Waals surface area contributed by atoms with Crippen LogP contribution in [0, 0.1) is 6.92 Å². The van der Waals surface area contributed by atoms with E-state index in [1.54, 1.807) is 11.3 Å². The van der Waals surface area contributed by atoms with Gasteiger partial charge in [-0.3, -0.25) is 9.69 Å². The number of thioether (sulfide) groups is 1. The first-order valence-corrected chi connectivity index (χ1v) is 9.92. The minimum Gasteiger partial charge on any atom is -0.379 e. The highest BCUT2D eigenvalue weighted by molar-refractivity contribution is 8.00. The lowest BCUT2D eigenvalue weighted by Gasteiger charge is -2.26. The highest BCUT2D eigenvalue weighted by Gasteiger charge is 2.15. The Morgan fingerprint density at radius 3 is 3.04 bits per heavy atom. The smallest absolute Gasteiger partial charge is 0.230 e. The quantitative estimate of drug-likeness (QED) is 0.606. The summed E-state index contributed by atoms with van der Waals surface area (Å²) in [4.78, 5) is 24.7. The zero-order valence-electron chi connectivity index (χ0n) is 13.4. The molecule has 1 aliphatic rings. The molecule has 0 unspecified atom stereocenters. The molecule has 1 amide bonds. The van der Waals surface area contributed by atoms with Crippen LogP contribution in [0.4, 0.5) is 0 Å². The number of nitrogens with zero attached hydrogens (tertiary/aromatic N) is 3. The molecule has 0 saturated carbocycles. The maximum absolute atomic E-state index is 12.0. The zero-order valence-corrected chi connectivity index (χ0v) is 15.8. The van der Waals surface area contributed by atoms with E-state index < -0.39 is 0 Å². The van der Waals surface area contributed by atoms with Crippen molar-refractivity contribution >= 4 is 50.8 Å². The van der Waals surface area contributed by atoms with Gasteiger partial charge in [-0.05, 0) is 6.92 Å². The monoisotopic (exact) mass is 386 g/mol. The summed E-state index contributed by atoms with van der Waals surface area (Å²) in [6.07, 6.45) is 1.52. The Balaban J connectivity index is 1.49. The van der Waals surface area contributed by atoms with Gasteiger partial charge in [0.15, 0.2) is 0 Å². The fourth-order valence-electron chi connectivity index (χ4n) is 2.46. The SMILES string of the molecule is Cc1sc2ncnc(SCC(=O)NCCN3CCOCC3)c2c1Cl. The number of morpholine rings is 1. The number of carbonyl (C=O) groups is 1. The number of hydrogen-bond acceptors (Lipinski definition) is 7. The molecular weight excluding hydrogens is 368 g/mol. The van der Waals surface area contributed by atoms with E-state index in [2.05, 4.69) is 20.2 Å². The van der Waals surface area contributed by atoms with Crippen LogP contribution in [-0.4, -0.2) is 65.9 Å². The first-order chi connectivity index (χ1) is 11.6. The molecule has 0 atom stereocenters. The Hall–Kier alpha value is -0.930. The van der Waals surface area contributed by atoms with Gasteiger partial charge in [0.2, 0.25) is 5.91 Å². The largest absolute Gasteiger partial charge is 0.379 e. The number of amides is 1. The number of ether oxygens (including phenoxy) is 1. The fraction of sp³-hybridized carbons (Fsp3) is 0.533. The topological polar surface area (TPSA) is 67.4 Å². The van der Waals surface area contributed by atoms with Gasteiger partial charge in [-0.15, -0.1) is 11.3 Å². The van der Waals surface area contributed by atoms with Gasteiger partial charge in [-0.1, -0.05) is 23.4 Å². The van der Waals surface area contributed by atoms with Crippen molar-refractivity contribution in [2.24, 2.45) is 0 Å². The molecule has 1 N–H and O–H groups in total. The number of aryl methyl sites for hydroxylation is 1. The van der Waals surface area contributed by atoms with Gasteiger partial charge in [0.25, 0.3) is 0 Å². The van der Waals surface area contributed by atoms with Gasteiger partial charge < -0.3 is 10.1 Å². The van der Waals surface area contributed by atoms with Crippen LogP contribution in [0.1, 0.15) is 4.88 Å². The third-order valence-electron chi connectivity index (χ3n) is 3.75. The molecule has 0 spiro atoms. The minimum absolute atomic E-state index is 0.00287. The number of carbonyl (C=O) groups excluding carboxylic acids is 1. The van der Waals surface area contributed by atoms with E-state index >= 15 is 0 Å². The molecule has 1 fully saturated rings. The highest BCUT2D eigenvalue weighted by Crippen LogP contribution is 2.37. The zero-order chi connectivity index (χ0) is 16.9. The summed E-state index contributed by atoms with van der Waals surface area (Å²) in [5.74, 6) is 0.323. The predicted octanol–water partition coefficient (Wildman–Crippen LogP) is 2.19. The van der Waals surface area contributed by atoms with E-state index in [1.165, 1.54) is 18.1 Å². The number of nitrogens with one attached hydrogen (secondary N) is 1. The summed E-state index contributed by atoms with van der Waals surface area (Å²) in [6.45, 7) is 6.87. The lowest BCUT2D eigenvalue weighted by atomic mass is 10.4. The Kier molecular flexibility index (Phi) is 6.29. The van der Waals surface area contributed by atoms with Crippen LogP contribution < -0.4 is 5.32 Å². The maximum Gasteiger partial charge on any atom is 0.230 e. The third kappa shape index (κ3) is 4.37. The number of thiophene rings is 1. The van der Waals surface area contributed by atoms with E-state index in [0.29, 0.717) is 17.3 Å². The molecule has 0 aliphatic carbocycles. The second-order valence-electron chi connectivity index (χ2n) is 5.42. The molecule has 0 aromatic carbocycles. The minimum atomic E-state index is 0.00287. The molecule has 130 valence electrons. The van der Waals surface area contributed by atoms with E-state index in [9.17, 15) is 4.79 Å². The molecule has 1 aliphatic heterocycles. The van der Waals surface area contributed by atoms with Crippen LogP contribution in [0.5, 0.6) is 0 Å². The summed E-state index contributed by atoms with van der Waals surface area (Å²) in [6, 6.07) is 0. The molecule has 6 nitrogen and oxygen atoms in total. The molecule has 2 aromatic rings. The lowest BCUT2D eigenvalue weighted by Crippen LogP contribution is -2.41. The van der Waals surface area contributed by atoms with Gasteiger partial charge in [0.05, 0.1) is 29.4 Å². The van der Waals surface area contributed by atoms with Crippen molar-refractivity contribution < 1.29 is 9.53 Å². The molecule has 3 rings (SSSR count). The summed E-state index contributed by atoms with van der Waals surface area (Å²) >= 11 is 9.27. The van der Waals surface area contributed by atoms with Gasteiger partial charge in [0, 0.05) is 31.1 Å². The molecular formula is C15H19ClN4O2S2. The second kappa shape index (κ2) is 8.44. The summed E-state index contributed by atoms with van der Waals surface area (Å²) in [5.41, 5.74) is 0. The number of hydrogen-bond donors (Lipinski definition) is 1. The van der Waals surface area contributed by atoms with Crippen LogP contribution in [0.2, 0.25) is 5.02 Å². The van der Waals surface area contributed by atoms with Crippen LogP contribution in [0.15, 0.2) is 11.4 Å². The fourth-order valence-corrected chi connectivity index (χ4v) is 4.65. The molecule has 2 aromatic heterocycles. The number of aromatic nitrogens is 2. The van der Waals surface area contributed by atoms with Gasteiger partial charge in [-0.25, -0.2) is 9.97 Å². The normalized spacial score (nSPS) is 15.8. The molecule has 3 heterocycles. The average molecular weight is 387 g/mol. The summed E-state index contributed by atoms with van der Waals surface area (Å²) in [7, 11) is 0. The second-order valence-corrected chi connectivity index (χ2v) is 7.97.